The fraction of sp³-hybridized carbons (Fsp3) is 0.650. The molecule has 0 unspecified atom stereocenters. The second kappa shape index (κ2) is 13.3. The van der Waals surface area contributed by atoms with Gasteiger partial charge in [0.2, 0.25) is 0 Å². The van der Waals surface area contributed by atoms with E-state index in [4.69, 9.17) is 0 Å². The topological polar surface area (TPSA) is 64.6 Å². The summed E-state index contributed by atoms with van der Waals surface area (Å²) in [6.45, 7) is 4.38. The summed E-state index contributed by atoms with van der Waals surface area (Å²) >= 11 is 0. The van der Waals surface area contributed by atoms with Crippen LogP contribution in [0, 0.1) is 0 Å². The van der Waals surface area contributed by atoms with Crippen LogP contribution in [0.25, 0.3) is 0 Å². The van der Waals surface area contributed by atoms with Crippen molar-refractivity contribution < 1.29 is 9.90 Å². The number of aromatic hydroxyl groups is 1. The van der Waals surface area contributed by atoms with Crippen molar-refractivity contribution >= 4 is 27.5 Å². The van der Waals surface area contributed by atoms with E-state index in [2.05, 4.69) is 33.4 Å². The number of rotatable bonds is 13. The van der Waals surface area contributed by atoms with Crippen molar-refractivity contribution in [2.75, 3.05) is 45.5 Å². The van der Waals surface area contributed by atoms with Gasteiger partial charge in [0.1, 0.15) is 5.75 Å². The van der Waals surface area contributed by atoms with Gasteiger partial charge in [-0.05, 0) is 45.0 Å². The van der Waals surface area contributed by atoms with Crippen LogP contribution in [0.15, 0.2) is 24.3 Å². The number of carbonyl (C=O) groups is 1. The Morgan fingerprint density at radius 2 is 2.00 bits per heavy atom. The van der Waals surface area contributed by atoms with Crippen LogP contribution in [0.5, 0.6) is 5.75 Å². The van der Waals surface area contributed by atoms with E-state index >= 15 is 0 Å². The average Bonchev–Trinajstić information content (AvgIpc) is 3.17. The minimum absolute atomic E-state index is 0.0217. The van der Waals surface area contributed by atoms with Crippen LogP contribution in [0.2, 0.25) is 0 Å². The molecule has 0 saturated carbocycles. The molecule has 7 heteroatoms. The Bertz CT molecular complexity index is 554. The number of hydrogen-bond donors (Lipinski definition) is 3. The van der Waals surface area contributed by atoms with Gasteiger partial charge >= 0.3 is 0 Å². The summed E-state index contributed by atoms with van der Waals surface area (Å²) in [5, 5.41) is 16.9. The van der Waals surface area contributed by atoms with Crippen molar-refractivity contribution in [2.45, 2.75) is 37.4 Å². The summed E-state index contributed by atoms with van der Waals surface area (Å²) in [4.78, 5) is 14.2. The highest BCUT2D eigenvalue weighted by Gasteiger charge is 2.15. The van der Waals surface area contributed by atoms with E-state index in [0.717, 1.165) is 31.4 Å². The first-order valence-electron chi connectivity index (χ1n) is 9.90. The Morgan fingerprint density at radius 1 is 1.19 bits per heavy atom. The molecule has 1 heterocycles. The lowest BCUT2D eigenvalue weighted by molar-refractivity contribution is 0.0947. The van der Waals surface area contributed by atoms with Gasteiger partial charge in [-0.2, -0.15) is 0 Å². The number of amides is 1. The fourth-order valence-electron chi connectivity index (χ4n) is 2.99. The smallest absolute Gasteiger partial charge is 0.255 e. The van der Waals surface area contributed by atoms with Gasteiger partial charge in [0.15, 0.2) is 0 Å². The lowest BCUT2D eigenvalue weighted by Crippen LogP contribution is -2.36. The molecule has 0 spiro atoms. The van der Waals surface area contributed by atoms with Crippen LogP contribution in [-0.4, -0.2) is 66.7 Å². The number of likely N-dealkylation sites (N-methyl/N-ethyl adjacent to an activating group) is 1. The van der Waals surface area contributed by atoms with Gasteiger partial charge in [-0.3, -0.25) is 4.79 Å². The summed E-state index contributed by atoms with van der Waals surface area (Å²) < 4.78 is 0. The molecule has 1 amide bonds. The van der Waals surface area contributed by atoms with E-state index in [-0.39, 0.29) is 11.7 Å². The first kappa shape index (κ1) is 22.4. The Morgan fingerprint density at radius 3 is 2.78 bits per heavy atom. The molecule has 1 aliphatic heterocycles. The van der Waals surface area contributed by atoms with Crippen molar-refractivity contribution in [3.63, 3.8) is 0 Å². The zero-order chi connectivity index (χ0) is 19.3. The van der Waals surface area contributed by atoms with Crippen LogP contribution in [0.4, 0.5) is 0 Å². The van der Waals surface area contributed by atoms with Crippen LogP contribution in [-0.2, 0) is 0 Å². The van der Waals surface area contributed by atoms with E-state index in [1.54, 1.807) is 18.2 Å². The molecule has 1 saturated heterocycles. The number of para-hydroxylation sites is 1. The van der Waals surface area contributed by atoms with Crippen LogP contribution in [0.1, 0.15) is 42.5 Å². The third-order valence-corrected chi connectivity index (χ3v) is 7.71. The van der Waals surface area contributed by atoms with Crippen LogP contribution >= 0.6 is 21.6 Å². The van der Waals surface area contributed by atoms with E-state index in [1.165, 1.54) is 43.9 Å². The van der Waals surface area contributed by atoms with Gasteiger partial charge in [0, 0.05) is 37.2 Å². The van der Waals surface area contributed by atoms with Gasteiger partial charge in [0.05, 0.1) is 5.56 Å². The Labute approximate surface area is 171 Å². The summed E-state index contributed by atoms with van der Waals surface area (Å²) in [5.41, 5.74) is 0.326. The third-order valence-electron chi connectivity index (χ3n) is 4.70. The molecular formula is C20H33N3O2S2. The van der Waals surface area contributed by atoms with E-state index < -0.39 is 0 Å². The molecule has 2 rings (SSSR count). The Kier molecular flexibility index (Phi) is 11.0. The molecule has 0 aliphatic carbocycles. The number of phenolic OH excluding ortho intramolecular Hbond substituents is 1. The lowest BCUT2D eigenvalue weighted by atomic mass is 10.1. The molecule has 1 aromatic rings. The maximum absolute atomic E-state index is 12.0. The van der Waals surface area contributed by atoms with Crippen molar-refractivity contribution in [1.82, 2.24) is 15.5 Å². The maximum atomic E-state index is 12.0. The maximum Gasteiger partial charge on any atom is 0.255 e. The monoisotopic (exact) mass is 411 g/mol. The van der Waals surface area contributed by atoms with Crippen molar-refractivity contribution in [1.29, 1.82) is 0 Å². The van der Waals surface area contributed by atoms with Crippen molar-refractivity contribution in [3.8, 4) is 5.75 Å². The average molecular weight is 412 g/mol. The van der Waals surface area contributed by atoms with E-state index in [9.17, 15) is 9.90 Å². The molecule has 0 bridgehead atoms. The first-order valence-corrected chi connectivity index (χ1v) is 12.3. The number of phenols is 1. The van der Waals surface area contributed by atoms with Crippen LogP contribution in [0.3, 0.4) is 0 Å². The Hall–Kier alpha value is -0.890. The highest BCUT2D eigenvalue weighted by molar-refractivity contribution is 8.77. The highest BCUT2D eigenvalue weighted by Crippen LogP contribution is 2.39. The molecule has 1 aliphatic rings. The summed E-state index contributed by atoms with van der Waals surface area (Å²) in [5.74, 6) is 1.13. The van der Waals surface area contributed by atoms with Gasteiger partial charge in [-0.25, -0.2) is 0 Å². The number of hydrogen-bond acceptors (Lipinski definition) is 6. The zero-order valence-corrected chi connectivity index (χ0v) is 17.9. The predicted octanol–water partition coefficient (Wildman–Crippen LogP) is 3.36. The molecular weight excluding hydrogens is 378 g/mol. The second-order valence-corrected chi connectivity index (χ2v) is 9.79. The van der Waals surface area contributed by atoms with Gasteiger partial charge in [-0.15, -0.1) is 0 Å². The standard InChI is InChI=1S/C20H33N3O2S2/c1-23(15-13-22-20(25)18-8-4-5-9-19(18)24)14-12-21-11-6-2-3-7-17-10-16-26-27-17/h4-5,8-9,17,21,24H,2-3,6-7,10-16H2,1H3,(H,22,25)/t17-/m0/s1. The number of carbonyl (C=O) groups excluding carboxylic acids is 1. The summed E-state index contributed by atoms with van der Waals surface area (Å²) in [6, 6.07) is 6.61. The summed E-state index contributed by atoms with van der Waals surface area (Å²) in [7, 11) is 6.17. The first-order chi connectivity index (χ1) is 13.2. The normalized spacial score (nSPS) is 16.7. The van der Waals surface area contributed by atoms with Crippen LogP contribution < -0.4 is 10.6 Å². The minimum Gasteiger partial charge on any atom is -0.507 e. The van der Waals surface area contributed by atoms with Crippen molar-refractivity contribution in [3.05, 3.63) is 29.8 Å². The van der Waals surface area contributed by atoms with Crippen molar-refractivity contribution in [2.24, 2.45) is 0 Å². The number of nitrogens with zero attached hydrogens (tertiary/aromatic N) is 1. The quantitative estimate of drug-likeness (QED) is 0.342. The minimum atomic E-state index is -0.228. The summed E-state index contributed by atoms with van der Waals surface area (Å²) in [6.07, 6.45) is 6.71. The predicted molar refractivity (Wildman–Crippen MR) is 118 cm³/mol. The third kappa shape index (κ3) is 9.23. The molecule has 27 heavy (non-hydrogen) atoms. The molecule has 5 nitrogen and oxygen atoms in total. The van der Waals surface area contributed by atoms with Gasteiger partial charge in [0.25, 0.3) is 5.91 Å². The van der Waals surface area contributed by atoms with E-state index in [0.29, 0.717) is 12.1 Å². The molecule has 1 aromatic carbocycles. The Balaban J connectivity index is 1.41. The molecule has 0 radical (unpaired) electrons. The fourth-order valence-corrected chi connectivity index (χ4v) is 6.02. The molecule has 1 fully saturated rings. The number of benzene rings is 1. The number of nitrogens with one attached hydrogen (secondary N) is 2. The molecule has 1 atom stereocenters. The van der Waals surface area contributed by atoms with Gasteiger partial charge < -0.3 is 20.6 Å². The highest BCUT2D eigenvalue weighted by atomic mass is 33.1. The van der Waals surface area contributed by atoms with E-state index in [1.807, 2.05) is 10.8 Å². The van der Waals surface area contributed by atoms with Gasteiger partial charge in [-0.1, -0.05) is 46.6 Å². The molecule has 0 aromatic heterocycles. The zero-order valence-electron chi connectivity index (χ0n) is 16.3. The SMILES string of the molecule is CN(CCNCCCCC[C@H]1CCSS1)CCNC(=O)c1ccccc1O. The molecule has 152 valence electrons. The largest absolute Gasteiger partial charge is 0.507 e. The number of unbranched alkanes of at least 4 members (excludes halogenated alkanes) is 2. The lowest BCUT2D eigenvalue weighted by Gasteiger charge is -2.17. The molecule has 3 N–H and O–H groups in total. The second-order valence-electron chi connectivity index (χ2n) is 7.00.